The van der Waals surface area contributed by atoms with E-state index >= 15 is 0 Å². The van der Waals surface area contributed by atoms with E-state index in [-0.39, 0.29) is 43.7 Å². The van der Waals surface area contributed by atoms with Crippen molar-refractivity contribution in [2.45, 2.75) is 38.9 Å². The van der Waals surface area contributed by atoms with Gasteiger partial charge in [-0.1, -0.05) is 12.1 Å². The Morgan fingerprint density at radius 1 is 1.21 bits per heavy atom. The lowest BCUT2D eigenvalue weighted by molar-refractivity contribution is -0.136. The van der Waals surface area contributed by atoms with Crippen LogP contribution < -0.4 is 10.6 Å². The number of hydrogen-bond acceptors (Lipinski definition) is 5. The Kier molecular flexibility index (Phi) is 4.84. The number of amides is 4. The quantitative estimate of drug-likeness (QED) is 0.757. The average Bonchev–Trinajstić information content (AvgIpc) is 3.03. The summed E-state index contributed by atoms with van der Waals surface area (Å²) in [6, 6.07) is 9.86. The summed E-state index contributed by atoms with van der Waals surface area (Å²) in [7, 11) is 0. The molecule has 2 aromatic rings. The van der Waals surface area contributed by atoms with Gasteiger partial charge in [-0.05, 0) is 43.2 Å². The highest BCUT2D eigenvalue weighted by molar-refractivity contribution is 6.07. The first kappa shape index (κ1) is 18.8. The van der Waals surface area contributed by atoms with E-state index in [0.717, 1.165) is 11.4 Å². The molecule has 4 rings (SSSR count). The average molecular weight is 392 g/mol. The van der Waals surface area contributed by atoms with E-state index in [9.17, 15) is 19.2 Å². The molecule has 0 aliphatic carbocycles. The van der Waals surface area contributed by atoms with E-state index in [1.165, 1.54) is 4.90 Å². The molecule has 1 fully saturated rings. The van der Waals surface area contributed by atoms with Gasteiger partial charge in [-0.15, -0.1) is 0 Å². The fraction of sp³-hybridized carbons (Fsp3) is 0.286. The summed E-state index contributed by atoms with van der Waals surface area (Å²) in [6.07, 6.45) is 0.471. The van der Waals surface area contributed by atoms with Crippen LogP contribution in [0.1, 0.15) is 50.5 Å². The minimum Gasteiger partial charge on any atom is -0.346 e. The van der Waals surface area contributed by atoms with E-state index < -0.39 is 11.9 Å². The minimum absolute atomic E-state index is 0.159. The number of pyridine rings is 1. The van der Waals surface area contributed by atoms with Gasteiger partial charge in [0, 0.05) is 29.8 Å². The Labute approximate surface area is 167 Å². The smallest absolute Gasteiger partial charge is 0.255 e. The Bertz CT molecular complexity index is 1030. The number of carbonyl (C=O) groups excluding carboxylic acids is 4. The number of benzene rings is 1. The van der Waals surface area contributed by atoms with Crippen LogP contribution in [-0.2, 0) is 22.7 Å². The molecule has 0 radical (unpaired) electrons. The highest BCUT2D eigenvalue weighted by atomic mass is 16.2. The van der Waals surface area contributed by atoms with Crippen molar-refractivity contribution in [3.63, 3.8) is 0 Å². The summed E-state index contributed by atoms with van der Waals surface area (Å²) in [6.45, 7) is 2.31. The molecule has 8 heteroatoms. The number of piperidine rings is 1. The predicted octanol–water partition coefficient (Wildman–Crippen LogP) is 1.08. The third-order valence-corrected chi connectivity index (χ3v) is 5.20. The number of fused-ring (bicyclic) bond motifs is 1. The summed E-state index contributed by atoms with van der Waals surface area (Å²) in [4.78, 5) is 55.0. The van der Waals surface area contributed by atoms with Crippen LogP contribution in [0.3, 0.4) is 0 Å². The van der Waals surface area contributed by atoms with Crippen molar-refractivity contribution >= 4 is 23.6 Å². The zero-order chi connectivity index (χ0) is 20.5. The molecule has 3 heterocycles. The molecule has 1 atom stereocenters. The number of nitrogens with one attached hydrogen (secondary N) is 2. The third-order valence-electron chi connectivity index (χ3n) is 5.20. The van der Waals surface area contributed by atoms with Gasteiger partial charge in [0.05, 0.1) is 12.2 Å². The topological polar surface area (TPSA) is 108 Å². The minimum atomic E-state index is -0.708. The lowest BCUT2D eigenvalue weighted by atomic mass is 10.0. The molecule has 1 aromatic heterocycles. The summed E-state index contributed by atoms with van der Waals surface area (Å²) in [5, 5.41) is 5.12. The molecule has 0 spiro atoms. The molecule has 148 valence electrons. The normalized spacial score (nSPS) is 18.4. The number of rotatable bonds is 4. The van der Waals surface area contributed by atoms with Gasteiger partial charge in [-0.2, -0.15) is 0 Å². The fourth-order valence-corrected chi connectivity index (χ4v) is 3.76. The van der Waals surface area contributed by atoms with Gasteiger partial charge in [-0.25, -0.2) is 0 Å². The molecular formula is C21H20N4O4. The molecular weight excluding hydrogens is 372 g/mol. The predicted molar refractivity (Wildman–Crippen MR) is 103 cm³/mol. The zero-order valence-corrected chi connectivity index (χ0v) is 15.9. The molecule has 0 bridgehead atoms. The van der Waals surface area contributed by atoms with Crippen molar-refractivity contribution in [1.82, 2.24) is 20.5 Å². The molecule has 2 N–H and O–H groups in total. The second-order valence-electron chi connectivity index (χ2n) is 7.18. The molecule has 8 nitrogen and oxygen atoms in total. The molecule has 1 saturated heterocycles. The van der Waals surface area contributed by atoms with E-state index in [2.05, 4.69) is 15.6 Å². The maximum absolute atomic E-state index is 12.8. The van der Waals surface area contributed by atoms with E-state index in [4.69, 9.17) is 0 Å². The maximum atomic E-state index is 12.8. The third kappa shape index (κ3) is 3.61. The van der Waals surface area contributed by atoms with Crippen LogP contribution in [0.2, 0.25) is 0 Å². The van der Waals surface area contributed by atoms with Gasteiger partial charge in [0.15, 0.2) is 0 Å². The molecule has 2 aliphatic rings. The zero-order valence-electron chi connectivity index (χ0n) is 15.9. The second-order valence-corrected chi connectivity index (χ2v) is 7.18. The molecule has 0 saturated carbocycles. The lowest BCUT2D eigenvalue weighted by Crippen LogP contribution is -2.52. The largest absolute Gasteiger partial charge is 0.346 e. The number of imide groups is 1. The van der Waals surface area contributed by atoms with Crippen LogP contribution in [0.15, 0.2) is 36.4 Å². The highest BCUT2D eigenvalue weighted by Gasteiger charge is 2.40. The lowest BCUT2D eigenvalue weighted by Gasteiger charge is -2.29. The number of carbonyl (C=O) groups is 4. The van der Waals surface area contributed by atoms with Crippen LogP contribution in [-0.4, -0.2) is 39.6 Å². The van der Waals surface area contributed by atoms with Crippen LogP contribution in [0.25, 0.3) is 0 Å². The summed E-state index contributed by atoms with van der Waals surface area (Å²) in [5.41, 5.74) is 3.02. The van der Waals surface area contributed by atoms with Crippen molar-refractivity contribution in [2.24, 2.45) is 0 Å². The number of aromatic nitrogens is 1. The Morgan fingerprint density at radius 3 is 2.76 bits per heavy atom. The van der Waals surface area contributed by atoms with Crippen LogP contribution >= 0.6 is 0 Å². The molecule has 4 amide bonds. The van der Waals surface area contributed by atoms with E-state index in [0.29, 0.717) is 16.7 Å². The fourth-order valence-electron chi connectivity index (χ4n) is 3.76. The van der Waals surface area contributed by atoms with Crippen LogP contribution in [0.4, 0.5) is 0 Å². The molecule has 1 unspecified atom stereocenters. The first-order valence-corrected chi connectivity index (χ1v) is 9.41. The maximum Gasteiger partial charge on any atom is 0.255 e. The van der Waals surface area contributed by atoms with E-state index in [1.54, 1.807) is 18.2 Å². The van der Waals surface area contributed by atoms with Crippen molar-refractivity contribution < 1.29 is 19.2 Å². The second kappa shape index (κ2) is 7.46. The monoisotopic (exact) mass is 392 g/mol. The first-order chi connectivity index (χ1) is 13.9. The summed E-state index contributed by atoms with van der Waals surface area (Å²) in [5.74, 6) is -1.41. The van der Waals surface area contributed by atoms with Crippen molar-refractivity contribution in [3.05, 3.63) is 64.5 Å². The number of nitrogens with zero attached hydrogens (tertiary/aromatic N) is 2. The standard InChI is InChI=1S/C21H20N4O4/c1-12-4-2-5-13(23-12)10-22-19(27)14-6-3-7-15-16(14)11-25(21(15)29)17-8-9-18(26)24-20(17)28/h2-7,17H,8-11H2,1H3,(H,22,27)(H,24,26,28). The van der Waals surface area contributed by atoms with Crippen LogP contribution in [0, 0.1) is 6.92 Å². The van der Waals surface area contributed by atoms with Crippen molar-refractivity contribution in [3.8, 4) is 0 Å². The molecule has 1 aromatic carbocycles. The van der Waals surface area contributed by atoms with Crippen LogP contribution in [0.5, 0.6) is 0 Å². The van der Waals surface area contributed by atoms with Gasteiger partial charge in [0.25, 0.3) is 11.8 Å². The van der Waals surface area contributed by atoms with Gasteiger partial charge in [0.2, 0.25) is 11.8 Å². The SMILES string of the molecule is Cc1cccc(CNC(=O)c2cccc3c2CN(C2CCC(=O)NC2=O)C3=O)n1. The van der Waals surface area contributed by atoms with Gasteiger partial charge in [0.1, 0.15) is 6.04 Å². The Balaban J connectivity index is 1.52. The molecule has 29 heavy (non-hydrogen) atoms. The summed E-state index contributed by atoms with van der Waals surface area (Å²) < 4.78 is 0. The molecule has 2 aliphatic heterocycles. The van der Waals surface area contributed by atoms with Gasteiger partial charge < -0.3 is 10.2 Å². The van der Waals surface area contributed by atoms with Crippen molar-refractivity contribution in [2.75, 3.05) is 0 Å². The first-order valence-electron chi connectivity index (χ1n) is 9.41. The van der Waals surface area contributed by atoms with E-state index in [1.807, 2.05) is 25.1 Å². The van der Waals surface area contributed by atoms with Gasteiger partial charge in [-0.3, -0.25) is 29.5 Å². The number of aryl methyl sites for hydroxylation is 1. The Morgan fingerprint density at radius 2 is 2.00 bits per heavy atom. The van der Waals surface area contributed by atoms with Gasteiger partial charge >= 0.3 is 0 Å². The summed E-state index contributed by atoms with van der Waals surface area (Å²) >= 11 is 0. The number of hydrogen-bond donors (Lipinski definition) is 2. The highest BCUT2D eigenvalue weighted by Crippen LogP contribution is 2.29. The Hall–Kier alpha value is -3.55. The van der Waals surface area contributed by atoms with Crippen molar-refractivity contribution in [1.29, 1.82) is 0 Å².